The Morgan fingerprint density at radius 1 is 1.08 bits per heavy atom. The van der Waals surface area contributed by atoms with Gasteiger partial charge >= 0.3 is 0 Å². The lowest BCUT2D eigenvalue weighted by atomic mass is 10.1. The molecule has 0 spiro atoms. The number of aryl methyl sites for hydroxylation is 2. The van der Waals surface area contributed by atoms with Gasteiger partial charge in [-0.2, -0.15) is 0 Å². The second-order valence-corrected chi connectivity index (χ2v) is 9.74. The number of carbonyl (C=O) groups is 1. The molecule has 4 rings (SSSR count). The van der Waals surface area contributed by atoms with Crippen LogP contribution in [-0.4, -0.2) is 42.0 Å². The summed E-state index contributed by atoms with van der Waals surface area (Å²) in [5.41, 5.74) is 4.04. The molecule has 3 heterocycles. The summed E-state index contributed by atoms with van der Waals surface area (Å²) in [7, 11) is 0. The Labute approximate surface area is 170 Å². The molecule has 1 aromatic carbocycles. The van der Waals surface area contributed by atoms with E-state index >= 15 is 0 Å². The standard InChI is InChI=1S/C18H17Cl2N3OS2/c1-10-7-11(2)15-13(8-10)25-18(21-15)23-5-3-22(4-6-23)17(24)12-9-14(19)26-16(12)20/h7-9H,3-6H2,1-2H3. The van der Waals surface area contributed by atoms with Gasteiger partial charge in [0.25, 0.3) is 5.91 Å². The molecule has 1 fully saturated rings. The van der Waals surface area contributed by atoms with E-state index in [-0.39, 0.29) is 5.91 Å². The third-order valence-corrected chi connectivity index (χ3v) is 7.09. The molecule has 0 radical (unpaired) electrons. The number of thiazole rings is 1. The van der Waals surface area contributed by atoms with E-state index in [1.165, 1.54) is 27.2 Å². The Kier molecular flexibility index (Phi) is 4.86. The number of piperazine rings is 1. The average Bonchev–Trinajstić information content (AvgIpc) is 3.17. The van der Waals surface area contributed by atoms with Crippen LogP contribution in [0.2, 0.25) is 8.67 Å². The molecule has 0 N–H and O–H groups in total. The van der Waals surface area contributed by atoms with E-state index in [0.717, 1.165) is 23.7 Å². The summed E-state index contributed by atoms with van der Waals surface area (Å²) in [4.78, 5) is 21.6. The van der Waals surface area contributed by atoms with Gasteiger partial charge in [-0.25, -0.2) is 4.98 Å². The fourth-order valence-electron chi connectivity index (χ4n) is 3.25. The molecule has 4 nitrogen and oxygen atoms in total. The van der Waals surface area contributed by atoms with E-state index in [2.05, 4.69) is 30.9 Å². The Morgan fingerprint density at radius 2 is 1.81 bits per heavy atom. The van der Waals surface area contributed by atoms with Crippen molar-refractivity contribution in [3.05, 3.63) is 43.6 Å². The number of amides is 1. The van der Waals surface area contributed by atoms with Crippen molar-refractivity contribution in [2.24, 2.45) is 0 Å². The lowest BCUT2D eigenvalue weighted by Gasteiger charge is -2.34. The molecule has 0 bridgehead atoms. The van der Waals surface area contributed by atoms with E-state index in [9.17, 15) is 4.79 Å². The number of hydrogen-bond acceptors (Lipinski definition) is 5. The molecule has 0 saturated carbocycles. The Morgan fingerprint density at radius 3 is 2.46 bits per heavy atom. The second kappa shape index (κ2) is 7.00. The Bertz CT molecular complexity index is 990. The number of hydrogen-bond donors (Lipinski definition) is 0. The van der Waals surface area contributed by atoms with E-state index in [4.69, 9.17) is 28.2 Å². The summed E-state index contributed by atoms with van der Waals surface area (Å²) in [6, 6.07) is 6.01. The zero-order valence-corrected chi connectivity index (χ0v) is 17.5. The van der Waals surface area contributed by atoms with Gasteiger partial charge in [0.05, 0.1) is 20.1 Å². The molecule has 0 unspecified atom stereocenters. The van der Waals surface area contributed by atoms with Crippen molar-refractivity contribution in [3.8, 4) is 0 Å². The number of thiophene rings is 1. The summed E-state index contributed by atoms with van der Waals surface area (Å²) in [6.07, 6.45) is 0. The molecular weight excluding hydrogens is 409 g/mol. The highest BCUT2D eigenvalue weighted by molar-refractivity contribution is 7.22. The first-order valence-electron chi connectivity index (χ1n) is 8.29. The highest BCUT2D eigenvalue weighted by Gasteiger charge is 2.26. The topological polar surface area (TPSA) is 36.4 Å². The van der Waals surface area contributed by atoms with Crippen LogP contribution in [0, 0.1) is 13.8 Å². The van der Waals surface area contributed by atoms with Crippen LogP contribution in [0.3, 0.4) is 0 Å². The van der Waals surface area contributed by atoms with Crippen molar-refractivity contribution in [1.29, 1.82) is 0 Å². The molecule has 1 aliphatic rings. The molecule has 136 valence electrons. The van der Waals surface area contributed by atoms with Crippen LogP contribution in [0.5, 0.6) is 0 Å². The maximum Gasteiger partial charge on any atom is 0.256 e. The van der Waals surface area contributed by atoms with Crippen molar-refractivity contribution < 1.29 is 4.79 Å². The van der Waals surface area contributed by atoms with Gasteiger partial charge in [0.1, 0.15) is 4.34 Å². The highest BCUT2D eigenvalue weighted by atomic mass is 35.5. The molecule has 3 aromatic rings. The number of fused-ring (bicyclic) bond motifs is 1. The highest BCUT2D eigenvalue weighted by Crippen LogP contribution is 2.34. The number of benzene rings is 1. The van der Waals surface area contributed by atoms with E-state index in [1.54, 1.807) is 17.4 Å². The molecular formula is C18H17Cl2N3OS2. The van der Waals surface area contributed by atoms with E-state index < -0.39 is 0 Å². The number of rotatable bonds is 2. The second-order valence-electron chi connectivity index (χ2n) is 6.44. The minimum absolute atomic E-state index is 0.0476. The molecule has 1 saturated heterocycles. The fourth-order valence-corrected chi connectivity index (χ4v) is 5.89. The summed E-state index contributed by atoms with van der Waals surface area (Å²) < 4.78 is 2.22. The molecule has 0 aliphatic carbocycles. The van der Waals surface area contributed by atoms with Crippen LogP contribution in [0.15, 0.2) is 18.2 Å². The van der Waals surface area contributed by atoms with Gasteiger partial charge in [0, 0.05) is 26.2 Å². The maximum absolute atomic E-state index is 12.7. The first-order valence-corrected chi connectivity index (χ1v) is 10.7. The normalized spacial score (nSPS) is 15.1. The molecule has 0 atom stereocenters. The van der Waals surface area contributed by atoms with Crippen LogP contribution >= 0.6 is 45.9 Å². The molecule has 8 heteroatoms. The van der Waals surface area contributed by atoms with Crippen molar-refractivity contribution in [1.82, 2.24) is 9.88 Å². The third kappa shape index (κ3) is 3.31. The minimum Gasteiger partial charge on any atom is -0.345 e. The van der Waals surface area contributed by atoms with E-state index in [1.807, 2.05) is 4.90 Å². The number of halogens is 2. The van der Waals surface area contributed by atoms with Gasteiger partial charge in [-0.05, 0) is 37.1 Å². The lowest BCUT2D eigenvalue weighted by molar-refractivity contribution is 0.0747. The van der Waals surface area contributed by atoms with Gasteiger partial charge < -0.3 is 9.80 Å². The zero-order valence-electron chi connectivity index (χ0n) is 14.4. The van der Waals surface area contributed by atoms with Crippen LogP contribution in [0.4, 0.5) is 5.13 Å². The van der Waals surface area contributed by atoms with Crippen molar-refractivity contribution in [2.45, 2.75) is 13.8 Å². The minimum atomic E-state index is -0.0476. The number of nitrogens with zero attached hydrogens (tertiary/aromatic N) is 3. The van der Waals surface area contributed by atoms with Gasteiger partial charge in [-0.1, -0.05) is 40.6 Å². The van der Waals surface area contributed by atoms with Crippen molar-refractivity contribution in [3.63, 3.8) is 0 Å². The summed E-state index contributed by atoms with van der Waals surface area (Å²) in [6.45, 7) is 7.04. The van der Waals surface area contributed by atoms with Crippen molar-refractivity contribution in [2.75, 3.05) is 31.1 Å². The molecule has 26 heavy (non-hydrogen) atoms. The van der Waals surface area contributed by atoms with Crippen LogP contribution in [0.1, 0.15) is 21.5 Å². The molecule has 1 amide bonds. The SMILES string of the molecule is Cc1cc(C)c2nc(N3CCN(C(=O)c4cc(Cl)sc4Cl)CC3)sc2c1. The van der Waals surface area contributed by atoms with Crippen LogP contribution < -0.4 is 4.90 Å². The van der Waals surface area contributed by atoms with E-state index in [0.29, 0.717) is 27.3 Å². The van der Waals surface area contributed by atoms with Gasteiger partial charge in [0.15, 0.2) is 5.13 Å². The largest absolute Gasteiger partial charge is 0.345 e. The first-order chi connectivity index (χ1) is 12.4. The van der Waals surface area contributed by atoms with Gasteiger partial charge in [-0.15, -0.1) is 11.3 Å². The first kappa shape index (κ1) is 18.0. The molecule has 1 aliphatic heterocycles. The lowest BCUT2D eigenvalue weighted by Crippen LogP contribution is -2.48. The zero-order chi connectivity index (χ0) is 18.4. The Balaban J connectivity index is 1.49. The number of carbonyl (C=O) groups excluding carboxylic acids is 1. The third-order valence-electron chi connectivity index (χ3n) is 4.54. The monoisotopic (exact) mass is 425 g/mol. The quantitative estimate of drug-likeness (QED) is 0.562. The van der Waals surface area contributed by atoms with Crippen LogP contribution in [0.25, 0.3) is 10.2 Å². The number of anilines is 1. The summed E-state index contributed by atoms with van der Waals surface area (Å²) >= 11 is 15.0. The Hall–Kier alpha value is -1.34. The average molecular weight is 426 g/mol. The number of aromatic nitrogens is 1. The smallest absolute Gasteiger partial charge is 0.256 e. The predicted molar refractivity (Wildman–Crippen MR) is 112 cm³/mol. The van der Waals surface area contributed by atoms with Gasteiger partial charge in [0.2, 0.25) is 0 Å². The molecule has 2 aromatic heterocycles. The fraction of sp³-hybridized carbons (Fsp3) is 0.333. The van der Waals surface area contributed by atoms with Crippen molar-refractivity contribution >= 4 is 67.1 Å². The summed E-state index contributed by atoms with van der Waals surface area (Å²) in [5, 5.41) is 1.03. The summed E-state index contributed by atoms with van der Waals surface area (Å²) in [5.74, 6) is -0.0476. The van der Waals surface area contributed by atoms with Crippen LogP contribution in [-0.2, 0) is 0 Å². The predicted octanol–water partition coefficient (Wildman–Crippen LogP) is 5.24. The maximum atomic E-state index is 12.7. The van der Waals surface area contributed by atoms with Gasteiger partial charge in [-0.3, -0.25) is 4.79 Å².